The molecule has 0 saturated heterocycles. The van der Waals surface area contributed by atoms with E-state index in [2.05, 4.69) is 25.3 Å². The Labute approximate surface area is 135 Å². The summed E-state index contributed by atoms with van der Waals surface area (Å²) in [7, 11) is 0. The van der Waals surface area contributed by atoms with Crippen LogP contribution in [0.4, 0.5) is 0 Å². The molecule has 0 bridgehead atoms. The second-order valence-corrected chi connectivity index (χ2v) is 6.32. The molecule has 0 saturated carbocycles. The van der Waals surface area contributed by atoms with Gasteiger partial charge in [0.2, 0.25) is 0 Å². The van der Waals surface area contributed by atoms with E-state index >= 15 is 0 Å². The van der Waals surface area contributed by atoms with Crippen LogP contribution in [-0.2, 0) is 0 Å². The van der Waals surface area contributed by atoms with Crippen LogP contribution in [-0.4, -0.2) is 11.5 Å². The number of rotatable bonds is 8. The molecule has 0 aromatic heterocycles. The summed E-state index contributed by atoms with van der Waals surface area (Å²) in [6.07, 6.45) is 3.80. The van der Waals surface area contributed by atoms with Gasteiger partial charge in [-0.1, -0.05) is 36.4 Å². The molecule has 1 nitrogen and oxygen atoms in total. The van der Waals surface area contributed by atoms with Crippen LogP contribution in [0.5, 0.6) is 11.5 Å². The predicted octanol–water partition coefficient (Wildman–Crippen LogP) is 6.04. The van der Waals surface area contributed by atoms with Crippen molar-refractivity contribution in [3.05, 3.63) is 73.8 Å². The normalized spacial score (nSPS) is 10.1. The van der Waals surface area contributed by atoms with Crippen molar-refractivity contribution in [3.8, 4) is 11.5 Å². The second-order valence-electron chi connectivity index (χ2n) is 4.19. The van der Waals surface area contributed by atoms with Crippen molar-refractivity contribution in [1.82, 2.24) is 0 Å². The summed E-state index contributed by atoms with van der Waals surface area (Å²) >= 11 is 3.45. The van der Waals surface area contributed by atoms with Crippen LogP contribution in [0, 0.1) is 0 Å². The summed E-state index contributed by atoms with van der Waals surface area (Å²) in [5.74, 6) is 3.51. The minimum Gasteiger partial charge on any atom is -0.455 e. The third-order valence-corrected chi connectivity index (χ3v) is 4.73. The highest BCUT2D eigenvalue weighted by molar-refractivity contribution is 7.99. The third kappa shape index (κ3) is 4.73. The Morgan fingerprint density at radius 2 is 1.19 bits per heavy atom. The van der Waals surface area contributed by atoms with E-state index in [1.54, 1.807) is 23.5 Å². The zero-order valence-corrected chi connectivity index (χ0v) is 13.5. The minimum absolute atomic E-state index is 0.868. The van der Waals surface area contributed by atoms with E-state index in [4.69, 9.17) is 4.74 Å². The summed E-state index contributed by atoms with van der Waals surface area (Å²) in [6, 6.07) is 16.2. The first-order valence-corrected chi connectivity index (χ1v) is 8.65. The molecule has 0 aliphatic rings. The monoisotopic (exact) mass is 314 g/mol. The number of benzene rings is 2. The Morgan fingerprint density at radius 1 is 0.762 bits per heavy atom. The molecule has 2 aromatic carbocycles. The molecule has 0 atom stereocenters. The molecule has 0 unspecified atom stereocenters. The largest absolute Gasteiger partial charge is 0.455 e. The lowest BCUT2D eigenvalue weighted by Gasteiger charge is -2.13. The molecule has 0 aliphatic carbocycles. The van der Waals surface area contributed by atoms with Gasteiger partial charge in [0.25, 0.3) is 0 Å². The summed E-state index contributed by atoms with van der Waals surface area (Å²) in [5, 5.41) is 0. The molecule has 21 heavy (non-hydrogen) atoms. The number of ether oxygens (including phenoxy) is 1. The quantitative estimate of drug-likeness (QED) is 0.434. The smallest absolute Gasteiger partial charge is 0.141 e. The van der Waals surface area contributed by atoms with Gasteiger partial charge in [-0.05, 0) is 24.3 Å². The Morgan fingerprint density at radius 3 is 1.62 bits per heavy atom. The number of hydrogen-bond acceptors (Lipinski definition) is 3. The molecule has 0 radical (unpaired) electrons. The highest BCUT2D eigenvalue weighted by Gasteiger charge is 2.08. The fourth-order valence-corrected chi connectivity index (χ4v) is 3.17. The summed E-state index contributed by atoms with van der Waals surface area (Å²) in [4.78, 5) is 2.25. The average molecular weight is 314 g/mol. The summed E-state index contributed by atoms with van der Waals surface area (Å²) in [6.45, 7) is 7.53. The summed E-state index contributed by atoms with van der Waals surface area (Å²) in [5.41, 5.74) is 0. The van der Waals surface area contributed by atoms with Gasteiger partial charge in [-0.2, -0.15) is 0 Å². The lowest BCUT2D eigenvalue weighted by Crippen LogP contribution is -1.89. The molecule has 0 aliphatic heterocycles. The van der Waals surface area contributed by atoms with Crippen molar-refractivity contribution < 1.29 is 4.74 Å². The van der Waals surface area contributed by atoms with Crippen LogP contribution in [0.2, 0.25) is 0 Å². The van der Waals surface area contributed by atoms with Gasteiger partial charge in [0.15, 0.2) is 0 Å². The maximum atomic E-state index is 6.12. The van der Waals surface area contributed by atoms with Crippen molar-refractivity contribution in [2.24, 2.45) is 0 Å². The first-order chi connectivity index (χ1) is 10.3. The van der Waals surface area contributed by atoms with Gasteiger partial charge in [0.1, 0.15) is 11.5 Å². The lowest BCUT2D eigenvalue weighted by atomic mass is 10.3. The van der Waals surface area contributed by atoms with E-state index in [0.717, 1.165) is 32.8 Å². The van der Waals surface area contributed by atoms with E-state index in [0.29, 0.717) is 0 Å². The molecule has 0 N–H and O–H groups in total. The Balaban J connectivity index is 2.21. The molecule has 108 valence electrons. The van der Waals surface area contributed by atoms with Crippen molar-refractivity contribution in [1.29, 1.82) is 0 Å². The standard InChI is InChI=1S/C18H18OS2/c1-3-13-20-17-11-7-5-9-15(17)19-16-10-6-8-12-18(16)21-14-4-2/h3-12H,1-2,13-14H2. The van der Waals surface area contributed by atoms with Crippen molar-refractivity contribution in [2.75, 3.05) is 11.5 Å². The molecule has 2 aromatic rings. The Hall–Kier alpha value is -1.58. The fraction of sp³-hybridized carbons (Fsp3) is 0.111. The highest BCUT2D eigenvalue weighted by Crippen LogP contribution is 2.37. The Kier molecular flexibility index (Phi) is 6.51. The number of para-hydroxylation sites is 2. The van der Waals surface area contributed by atoms with Gasteiger partial charge in [0.05, 0.1) is 9.79 Å². The zero-order valence-electron chi connectivity index (χ0n) is 11.8. The molecular formula is C18H18OS2. The van der Waals surface area contributed by atoms with E-state index < -0.39 is 0 Å². The van der Waals surface area contributed by atoms with Gasteiger partial charge in [0, 0.05) is 11.5 Å². The molecule has 3 heteroatoms. The SMILES string of the molecule is C=CCSc1ccccc1Oc1ccccc1SCC=C. The molecule has 2 rings (SSSR count). The molecule has 0 amide bonds. The zero-order chi connectivity index (χ0) is 14.9. The van der Waals surface area contributed by atoms with Crippen LogP contribution in [0.1, 0.15) is 0 Å². The van der Waals surface area contributed by atoms with Gasteiger partial charge in [-0.15, -0.1) is 36.7 Å². The molecule has 0 fully saturated rings. The Bertz CT molecular complexity index is 554. The highest BCUT2D eigenvalue weighted by atomic mass is 32.2. The number of hydrogen-bond donors (Lipinski definition) is 0. The van der Waals surface area contributed by atoms with Crippen LogP contribution in [0.25, 0.3) is 0 Å². The minimum atomic E-state index is 0.868. The maximum Gasteiger partial charge on any atom is 0.141 e. The van der Waals surface area contributed by atoms with Crippen molar-refractivity contribution in [3.63, 3.8) is 0 Å². The van der Waals surface area contributed by atoms with Crippen LogP contribution in [0.15, 0.2) is 83.6 Å². The third-order valence-electron chi connectivity index (χ3n) is 2.63. The van der Waals surface area contributed by atoms with E-state index in [9.17, 15) is 0 Å². The number of thioether (sulfide) groups is 2. The molecule has 0 heterocycles. The molecule has 0 spiro atoms. The van der Waals surface area contributed by atoms with Crippen LogP contribution >= 0.6 is 23.5 Å². The maximum absolute atomic E-state index is 6.12. The predicted molar refractivity (Wildman–Crippen MR) is 94.8 cm³/mol. The van der Waals surface area contributed by atoms with Crippen molar-refractivity contribution in [2.45, 2.75) is 9.79 Å². The topological polar surface area (TPSA) is 9.23 Å². The van der Waals surface area contributed by atoms with E-state index in [-0.39, 0.29) is 0 Å². The van der Waals surface area contributed by atoms with Crippen LogP contribution < -0.4 is 4.74 Å². The first-order valence-electron chi connectivity index (χ1n) is 6.68. The van der Waals surface area contributed by atoms with Crippen LogP contribution in [0.3, 0.4) is 0 Å². The van der Waals surface area contributed by atoms with Gasteiger partial charge < -0.3 is 4.74 Å². The van der Waals surface area contributed by atoms with Crippen molar-refractivity contribution >= 4 is 23.5 Å². The second kappa shape index (κ2) is 8.65. The van der Waals surface area contributed by atoms with Gasteiger partial charge in [-0.25, -0.2) is 0 Å². The molecular weight excluding hydrogens is 296 g/mol. The van der Waals surface area contributed by atoms with Gasteiger partial charge in [-0.3, -0.25) is 0 Å². The fourth-order valence-electron chi connectivity index (χ4n) is 1.72. The summed E-state index contributed by atoms with van der Waals surface area (Å²) < 4.78 is 6.12. The first kappa shape index (κ1) is 15.8. The lowest BCUT2D eigenvalue weighted by molar-refractivity contribution is 0.460. The average Bonchev–Trinajstić information content (AvgIpc) is 2.53. The van der Waals surface area contributed by atoms with Gasteiger partial charge >= 0.3 is 0 Å². The van der Waals surface area contributed by atoms with E-state index in [1.165, 1.54) is 0 Å². The van der Waals surface area contributed by atoms with E-state index in [1.807, 2.05) is 48.6 Å².